The number of carbonyl (C=O) groups is 1. The van der Waals surface area contributed by atoms with E-state index in [0.717, 1.165) is 12.1 Å². The maximum absolute atomic E-state index is 12.1. The summed E-state index contributed by atoms with van der Waals surface area (Å²) in [5.41, 5.74) is 4.67. The maximum Gasteiger partial charge on any atom is 0.416 e. The Hall–Kier alpha value is -3.32. The fraction of sp³-hybridized carbons (Fsp3) is 0.125. The molecule has 0 spiro atoms. The molecule has 2 amide bonds. The fourth-order valence-corrected chi connectivity index (χ4v) is 1.65. The Balaban J connectivity index is 0.000000251. The third-order valence-electron chi connectivity index (χ3n) is 2.69. The highest BCUT2D eigenvalue weighted by Crippen LogP contribution is 2.31. The third kappa shape index (κ3) is 7.19. The molecule has 0 radical (unpaired) electrons. The lowest BCUT2D eigenvalue weighted by Crippen LogP contribution is -2.19. The first-order valence-corrected chi connectivity index (χ1v) is 6.72. The van der Waals surface area contributed by atoms with Crippen molar-refractivity contribution in [1.82, 2.24) is 0 Å². The molecule has 0 atom stereocenters. The lowest BCUT2D eigenvalue weighted by atomic mass is 10.2. The van der Waals surface area contributed by atoms with Crippen LogP contribution in [-0.2, 0) is 11.0 Å². The molecule has 0 fully saturated rings. The molecule has 9 heteroatoms. The van der Waals surface area contributed by atoms with E-state index in [1.54, 1.807) is 31.4 Å². The van der Waals surface area contributed by atoms with Crippen molar-refractivity contribution < 1.29 is 27.5 Å². The summed E-state index contributed by atoms with van der Waals surface area (Å²) in [7, 11) is 1.56. The van der Waals surface area contributed by atoms with Gasteiger partial charge in [0.05, 0.1) is 18.4 Å². The zero-order chi connectivity index (χ0) is 18.9. The van der Waals surface area contributed by atoms with Gasteiger partial charge in [-0.3, -0.25) is 0 Å². The number of carbonyl (C=O) groups excluding carboxylic acids is 2. The van der Waals surface area contributed by atoms with Crippen LogP contribution in [-0.4, -0.2) is 19.2 Å². The number of primary amides is 1. The lowest BCUT2D eigenvalue weighted by Gasteiger charge is -2.05. The number of ether oxygens (including phenoxy) is 1. The van der Waals surface area contributed by atoms with Crippen molar-refractivity contribution in [1.29, 1.82) is 0 Å². The number of nitrogens with zero attached hydrogens (tertiary/aromatic N) is 1. The van der Waals surface area contributed by atoms with Gasteiger partial charge < -0.3 is 15.8 Å². The number of hydrogen-bond donors (Lipinski definition) is 2. The van der Waals surface area contributed by atoms with Crippen LogP contribution >= 0.6 is 0 Å². The van der Waals surface area contributed by atoms with E-state index in [9.17, 15) is 22.8 Å². The number of anilines is 1. The van der Waals surface area contributed by atoms with Gasteiger partial charge in [0.1, 0.15) is 5.75 Å². The highest BCUT2D eigenvalue weighted by atomic mass is 19.4. The number of amides is 2. The first-order valence-electron chi connectivity index (χ1n) is 6.72. The van der Waals surface area contributed by atoms with Crippen LogP contribution in [0.2, 0.25) is 0 Å². The number of aliphatic imine (C=N–C) groups is 1. The Morgan fingerprint density at radius 2 is 1.88 bits per heavy atom. The van der Waals surface area contributed by atoms with Gasteiger partial charge in [-0.1, -0.05) is 12.1 Å². The Labute approximate surface area is 141 Å². The molecule has 0 heterocycles. The summed E-state index contributed by atoms with van der Waals surface area (Å²) in [6, 6.07) is 10.5. The van der Waals surface area contributed by atoms with Crippen molar-refractivity contribution in [2.24, 2.45) is 10.7 Å². The maximum atomic E-state index is 12.1. The number of nitrogens with one attached hydrogen (secondary N) is 1. The molecule has 2 rings (SSSR count). The van der Waals surface area contributed by atoms with Crippen molar-refractivity contribution in [3.8, 4) is 5.75 Å². The van der Waals surface area contributed by atoms with Gasteiger partial charge in [0.25, 0.3) is 0 Å². The van der Waals surface area contributed by atoms with Crippen LogP contribution in [0.4, 0.5) is 29.3 Å². The van der Waals surface area contributed by atoms with Crippen molar-refractivity contribution in [2.45, 2.75) is 6.18 Å². The molecule has 3 N–H and O–H groups in total. The SMILES string of the molecule is COc1cccc(NC(N)=O)c1.O=C=Nc1cccc(C(F)(F)F)c1. The smallest absolute Gasteiger partial charge is 0.416 e. The molecule has 0 aliphatic heterocycles. The van der Waals surface area contributed by atoms with Gasteiger partial charge in [0.2, 0.25) is 6.08 Å². The molecule has 0 saturated heterocycles. The standard InChI is InChI=1S/C8H4F3NO.C8H10N2O2/c9-8(10,11)6-2-1-3-7(4-6)12-5-13;1-12-7-4-2-3-6(5-7)10-8(9)11/h1-4H;2-5H,1H3,(H3,9,10,11). The topological polar surface area (TPSA) is 93.8 Å². The number of alkyl halides is 3. The van der Waals surface area contributed by atoms with E-state index in [4.69, 9.17) is 10.5 Å². The molecule has 0 saturated carbocycles. The predicted molar refractivity (Wildman–Crippen MR) is 85.4 cm³/mol. The van der Waals surface area contributed by atoms with Crippen molar-refractivity contribution in [3.05, 3.63) is 54.1 Å². The minimum Gasteiger partial charge on any atom is -0.497 e. The van der Waals surface area contributed by atoms with Gasteiger partial charge >= 0.3 is 12.2 Å². The van der Waals surface area contributed by atoms with E-state index in [1.807, 2.05) is 0 Å². The first-order chi connectivity index (χ1) is 11.8. The molecule has 0 bridgehead atoms. The van der Waals surface area contributed by atoms with Gasteiger partial charge in [-0.15, -0.1) is 0 Å². The summed E-state index contributed by atoms with van der Waals surface area (Å²) in [6.45, 7) is 0. The van der Waals surface area contributed by atoms with Crippen LogP contribution < -0.4 is 15.8 Å². The van der Waals surface area contributed by atoms with Crippen molar-refractivity contribution >= 4 is 23.5 Å². The first kappa shape index (κ1) is 19.7. The number of urea groups is 1. The average molecular weight is 353 g/mol. The summed E-state index contributed by atoms with van der Waals surface area (Å²) in [5.74, 6) is 0.682. The van der Waals surface area contributed by atoms with Crippen LogP contribution in [0.3, 0.4) is 0 Å². The largest absolute Gasteiger partial charge is 0.497 e. The summed E-state index contributed by atoms with van der Waals surface area (Å²) < 4.78 is 41.1. The molecular weight excluding hydrogens is 339 g/mol. The second-order valence-corrected chi connectivity index (χ2v) is 4.47. The normalized spacial score (nSPS) is 9.92. The molecule has 25 heavy (non-hydrogen) atoms. The summed E-state index contributed by atoms with van der Waals surface area (Å²) in [5, 5.41) is 2.44. The minimum absolute atomic E-state index is 0.0511. The van der Waals surface area contributed by atoms with Gasteiger partial charge in [-0.25, -0.2) is 9.59 Å². The Morgan fingerprint density at radius 3 is 2.44 bits per heavy atom. The Bertz CT molecular complexity index is 772. The van der Waals surface area contributed by atoms with Crippen LogP contribution in [0, 0.1) is 0 Å². The molecule has 0 aromatic heterocycles. The van der Waals surface area contributed by atoms with Crippen LogP contribution in [0.1, 0.15) is 5.56 Å². The second-order valence-electron chi connectivity index (χ2n) is 4.47. The zero-order valence-corrected chi connectivity index (χ0v) is 13.0. The van der Waals surface area contributed by atoms with Gasteiger partial charge in [0.15, 0.2) is 0 Å². The van der Waals surface area contributed by atoms with Gasteiger partial charge in [-0.05, 0) is 30.3 Å². The Kier molecular flexibility index (Phi) is 7.17. The fourth-order valence-electron chi connectivity index (χ4n) is 1.65. The summed E-state index contributed by atoms with van der Waals surface area (Å²) in [6.07, 6.45) is -3.24. The number of hydrogen-bond acceptors (Lipinski definition) is 4. The lowest BCUT2D eigenvalue weighted by molar-refractivity contribution is -0.137. The molecule has 132 valence electrons. The molecule has 0 unspecified atom stereocenters. The predicted octanol–water partition coefficient (Wildman–Crippen LogP) is 3.86. The van der Waals surface area contributed by atoms with E-state index >= 15 is 0 Å². The van der Waals surface area contributed by atoms with E-state index in [0.29, 0.717) is 11.4 Å². The van der Waals surface area contributed by atoms with Crippen molar-refractivity contribution in [2.75, 3.05) is 12.4 Å². The zero-order valence-electron chi connectivity index (χ0n) is 13.0. The monoisotopic (exact) mass is 353 g/mol. The number of benzene rings is 2. The van der Waals surface area contributed by atoms with Gasteiger partial charge in [-0.2, -0.15) is 18.2 Å². The van der Waals surface area contributed by atoms with Crippen LogP contribution in [0.5, 0.6) is 5.75 Å². The Morgan fingerprint density at radius 1 is 1.20 bits per heavy atom. The van der Waals surface area contributed by atoms with E-state index in [-0.39, 0.29) is 5.69 Å². The highest BCUT2D eigenvalue weighted by molar-refractivity contribution is 5.87. The number of methoxy groups -OCH3 is 1. The number of nitrogens with two attached hydrogens (primary N) is 1. The molecule has 6 nitrogen and oxygen atoms in total. The quantitative estimate of drug-likeness (QED) is 0.648. The number of rotatable bonds is 3. The van der Waals surface area contributed by atoms with Gasteiger partial charge in [0, 0.05) is 11.8 Å². The molecule has 0 aliphatic carbocycles. The molecule has 2 aromatic carbocycles. The second kappa shape index (κ2) is 9.09. The molecular formula is C16H14F3N3O3. The average Bonchev–Trinajstić information content (AvgIpc) is 2.55. The summed E-state index contributed by atoms with van der Waals surface area (Å²) in [4.78, 5) is 23.3. The summed E-state index contributed by atoms with van der Waals surface area (Å²) >= 11 is 0. The van der Waals surface area contributed by atoms with E-state index in [2.05, 4.69) is 10.3 Å². The van der Waals surface area contributed by atoms with Crippen molar-refractivity contribution in [3.63, 3.8) is 0 Å². The van der Waals surface area contributed by atoms with Crippen LogP contribution in [0.15, 0.2) is 53.5 Å². The van der Waals surface area contributed by atoms with E-state index in [1.165, 1.54) is 18.2 Å². The molecule has 2 aromatic rings. The third-order valence-corrected chi connectivity index (χ3v) is 2.69. The van der Waals surface area contributed by atoms with Crippen LogP contribution in [0.25, 0.3) is 0 Å². The number of isocyanates is 1. The number of halogens is 3. The minimum atomic E-state index is -4.41. The molecule has 0 aliphatic rings. The van der Waals surface area contributed by atoms with E-state index < -0.39 is 17.8 Å². The highest BCUT2D eigenvalue weighted by Gasteiger charge is 2.30.